The fourth-order valence-electron chi connectivity index (χ4n) is 3.73. The predicted octanol–water partition coefficient (Wildman–Crippen LogP) is 4.08. The third-order valence-electron chi connectivity index (χ3n) is 5.70. The summed E-state index contributed by atoms with van der Waals surface area (Å²) in [5.41, 5.74) is 1.20. The second-order valence-electron chi connectivity index (χ2n) is 7.38. The Labute approximate surface area is 170 Å². The van der Waals surface area contributed by atoms with Crippen molar-refractivity contribution in [1.29, 1.82) is 0 Å². The topological polar surface area (TPSA) is 99.9 Å². The van der Waals surface area contributed by atoms with E-state index < -0.39 is 5.82 Å². The van der Waals surface area contributed by atoms with Gasteiger partial charge in [-0.05, 0) is 37.2 Å². The number of hydrogen-bond acceptors (Lipinski definition) is 6. The summed E-state index contributed by atoms with van der Waals surface area (Å²) in [6, 6.07) is 4.80. The van der Waals surface area contributed by atoms with Gasteiger partial charge in [0.15, 0.2) is 5.82 Å². The van der Waals surface area contributed by atoms with E-state index in [-0.39, 0.29) is 32.7 Å². The summed E-state index contributed by atoms with van der Waals surface area (Å²) in [5, 5.41) is 18.0. The van der Waals surface area contributed by atoms with Gasteiger partial charge in [-0.25, -0.2) is 4.39 Å². The summed E-state index contributed by atoms with van der Waals surface area (Å²) in [5.74, 6) is -0.209. The molecule has 5 rings (SSSR count). The second kappa shape index (κ2) is 7.81. The van der Waals surface area contributed by atoms with Crippen molar-refractivity contribution >= 4 is 22.8 Å². The number of piperidine rings is 1. The van der Waals surface area contributed by atoms with Gasteiger partial charge in [0.1, 0.15) is 11.2 Å². The zero-order valence-corrected chi connectivity index (χ0v) is 16.7. The van der Waals surface area contributed by atoms with Crippen LogP contribution in [0, 0.1) is 11.2 Å². The number of aromatic amines is 1. The zero-order chi connectivity index (χ0) is 20.4. The minimum absolute atomic E-state index is 0. The number of anilines is 1. The highest BCUT2D eigenvalue weighted by molar-refractivity contribution is 5.91. The lowest BCUT2D eigenvalue weighted by Crippen LogP contribution is -2.41. The summed E-state index contributed by atoms with van der Waals surface area (Å²) in [4.78, 5) is 14.3. The number of carbonyl (C=O) groups is 1. The lowest BCUT2D eigenvalue weighted by Gasteiger charge is -2.32. The summed E-state index contributed by atoms with van der Waals surface area (Å²) in [6.07, 6.45) is 4.83. The first-order valence-electron chi connectivity index (χ1n) is 10.1. The number of benzene rings is 1. The van der Waals surface area contributed by atoms with E-state index >= 15 is 0 Å². The van der Waals surface area contributed by atoms with Gasteiger partial charge in [-0.1, -0.05) is 31.1 Å². The van der Waals surface area contributed by atoms with Crippen molar-refractivity contribution in [2.24, 2.45) is 5.41 Å². The molecule has 2 aliphatic rings. The van der Waals surface area contributed by atoms with Crippen molar-refractivity contribution in [3.05, 3.63) is 24.0 Å². The van der Waals surface area contributed by atoms with Crippen LogP contribution in [0.2, 0.25) is 0 Å². The van der Waals surface area contributed by atoms with Gasteiger partial charge in [-0.3, -0.25) is 9.89 Å². The molecule has 1 amide bonds. The quantitative estimate of drug-likeness (QED) is 0.679. The van der Waals surface area contributed by atoms with Crippen LogP contribution in [0.1, 0.15) is 42.4 Å². The number of para-hydroxylation sites is 1. The molecule has 2 N–H and O–H groups in total. The lowest BCUT2D eigenvalue weighted by atomic mass is 9.94. The molecule has 8 nitrogen and oxygen atoms in total. The molecule has 2 aromatic heterocycles. The largest absolute Gasteiger partial charge is 0.402 e. The summed E-state index contributed by atoms with van der Waals surface area (Å²) in [6.45, 7) is 5.75. The van der Waals surface area contributed by atoms with Crippen LogP contribution >= 0.6 is 0 Å². The Bertz CT molecular complexity index is 1010. The molecule has 29 heavy (non-hydrogen) atoms. The van der Waals surface area contributed by atoms with Gasteiger partial charge in [-0.15, -0.1) is 5.10 Å². The van der Waals surface area contributed by atoms with Crippen LogP contribution in [0.5, 0.6) is 0 Å². The van der Waals surface area contributed by atoms with E-state index in [9.17, 15) is 9.18 Å². The van der Waals surface area contributed by atoms with Crippen LogP contribution in [0.3, 0.4) is 0 Å². The Hall–Kier alpha value is -2.97. The Morgan fingerprint density at radius 3 is 2.76 bits per heavy atom. The molecule has 158 valence electrons. The molecule has 2 fully saturated rings. The van der Waals surface area contributed by atoms with Gasteiger partial charge >= 0.3 is 6.01 Å². The van der Waals surface area contributed by atoms with Crippen LogP contribution in [-0.2, 0) is 4.79 Å². The zero-order valence-electron chi connectivity index (χ0n) is 16.7. The molecule has 9 heteroatoms. The first-order chi connectivity index (χ1) is 14.1. The minimum Gasteiger partial charge on any atom is -0.402 e. The minimum atomic E-state index is -0.423. The molecule has 3 aromatic rings. The van der Waals surface area contributed by atoms with Crippen LogP contribution in [0.25, 0.3) is 22.5 Å². The van der Waals surface area contributed by atoms with Gasteiger partial charge in [0.2, 0.25) is 5.91 Å². The monoisotopic (exact) mass is 404 g/mol. The average molecular weight is 404 g/mol. The number of H-pyrrole nitrogens is 1. The molecule has 0 atom stereocenters. The smallest absolute Gasteiger partial charge is 0.316 e. The summed E-state index contributed by atoms with van der Waals surface area (Å²) < 4.78 is 19.3. The van der Waals surface area contributed by atoms with Crippen LogP contribution in [0.4, 0.5) is 10.4 Å². The van der Waals surface area contributed by atoms with Crippen molar-refractivity contribution in [3.8, 4) is 11.6 Å². The van der Waals surface area contributed by atoms with Gasteiger partial charge < -0.3 is 14.6 Å². The molecular formula is C20H29FN6O2. The fourth-order valence-corrected chi connectivity index (χ4v) is 3.73. The van der Waals surface area contributed by atoms with Gasteiger partial charge in [0.25, 0.3) is 5.89 Å². The van der Waals surface area contributed by atoms with Crippen LogP contribution < -0.4 is 5.32 Å². The van der Waals surface area contributed by atoms with Crippen LogP contribution in [-0.4, -0.2) is 50.8 Å². The number of fused-ring (bicyclic) bond motifs is 1. The molecular weight excluding hydrogens is 375 g/mol. The van der Waals surface area contributed by atoms with E-state index in [1.54, 1.807) is 12.1 Å². The van der Waals surface area contributed by atoms with E-state index in [0.717, 1.165) is 25.9 Å². The summed E-state index contributed by atoms with van der Waals surface area (Å²) >= 11 is 0. The SMILES string of the molecule is CC.O=C(CNc1nnc(-c2[nH]nc3c(F)cccc23)o1)N1CCC2(CC1)CC2.[HH].[HH]. The number of aromatic nitrogens is 4. The van der Waals surface area contributed by atoms with Gasteiger partial charge in [0.05, 0.1) is 6.54 Å². The lowest BCUT2D eigenvalue weighted by molar-refractivity contribution is -0.130. The molecule has 1 saturated carbocycles. The number of hydrogen-bond donors (Lipinski definition) is 2. The molecule has 1 aliphatic carbocycles. The molecule has 1 spiro atoms. The van der Waals surface area contributed by atoms with Crippen molar-refractivity contribution < 1.29 is 16.5 Å². The standard InChI is InChI=1S/C18H19FN6O2.C2H6.2H2/c19-12-3-1-2-11-14(12)21-22-15(11)16-23-24-17(27-16)20-10-13(26)25-8-6-18(4-5-18)7-9-25;1-2;;/h1-3H,4-10H2,(H,20,24)(H,21,22);1-2H3;2*1H. The maximum Gasteiger partial charge on any atom is 0.316 e. The Kier molecular flexibility index (Phi) is 5.21. The maximum atomic E-state index is 13.8. The summed E-state index contributed by atoms with van der Waals surface area (Å²) in [7, 11) is 0. The Balaban J connectivity index is 0.000000830. The third kappa shape index (κ3) is 3.81. The molecule has 3 heterocycles. The normalized spacial score (nSPS) is 17.1. The molecule has 1 saturated heterocycles. The van der Waals surface area contributed by atoms with E-state index in [2.05, 4.69) is 25.7 Å². The van der Waals surface area contributed by atoms with E-state index in [1.165, 1.54) is 18.9 Å². The highest BCUT2D eigenvalue weighted by Crippen LogP contribution is 2.53. The van der Waals surface area contributed by atoms with E-state index in [0.29, 0.717) is 16.5 Å². The molecule has 0 unspecified atom stereocenters. The molecule has 1 aromatic carbocycles. The molecule has 0 radical (unpaired) electrons. The first kappa shape index (κ1) is 19.4. The third-order valence-corrected chi connectivity index (χ3v) is 5.70. The van der Waals surface area contributed by atoms with Crippen LogP contribution in [0.15, 0.2) is 22.6 Å². The van der Waals surface area contributed by atoms with Gasteiger partial charge in [-0.2, -0.15) is 5.10 Å². The average Bonchev–Trinajstić information content (AvgIpc) is 3.16. The van der Waals surface area contributed by atoms with Gasteiger partial charge in [0, 0.05) is 21.3 Å². The second-order valence-corrected chi connectivity index (χ2v) is 7.38. The van der Waals surface area contributed by atoms with Crippen molar-refractivity contribution in [2.45, 2.75) is 39.5 Å². The van der Waals surface area contributed by atoms with E-state index in [4.69, 9.17) is 4.42 Å². The van der Waals surface area contributed by atoms with E-state index in [1.807, 2.05) is 18.7 Å². The van der Waals surface area contributed by atoms with Crippen molar-refractivity contribution in [2.75, 3.05) is 25.0 Å². The number of halogens is 1. The number of nitrogens with zero attached hydrogens (tertiary/aromatic N) is 4. The van der Waals surface area contributed by atoms with Crippen molar-refractivity contribution in [1.82, 2.24) is 25.3 Å². The Morgan fingerprint density at radius 1 is 1.28 bits per heavy atom. The van der Waals surface area contributed by atoms with Crippen molar-refractivity contribution in [3.63, 3.8) is 0 Å². The molecule has 1 aliphatic heterocycles. The number of carbonyl (C=O) groups excluding carboxylic acids is 1. The number of amides is 1. The molecule has 0 bridgehead atoms. The number of rotatable bonds is 4. The first-order valence-corrected chi connectivity index (χ1v) is 10.1. The highest BCUT2D eigenvalue weighted by atomic mass is 19.1. The Morgan fingerprint density at radius 2 is 2.03 bits per heavy atom. The maximum absolute atomic E-state index is 13.8. The number of nitrogens with one attached hydrogen (secondary N) is 2. The predicted molar refractivity (Wildman–Crippen MR) is 111 cm³/mol. The highest BCUT2D eigenvalue weighted by Gasteiger charge is 2.44. The fraction of sp³-hybridized carbons (Fsp3) is 0.500. The number of likely N-dealkylation sites (tertiary alicyclic amines) is 1.